The number of nitrogens with zero attached hydrogens (tertiary/aromatic N) is 1. The van der Waals surface area contributed by atoms with Crippen molar-refractivity contribution in [2.45, 2.75) is 19.8 Å². The molecule has 0 saturated heterocycles. The van der Waals surface area contributed by atoms with Crippen LogP contribution < -0.4 is 5.56 Å². The third-order valence-electron chi connectivity index (χ3n) is 1.42. The molecule has 1 N–H and O–H groups in total. The molecule has 0 aromatic carbocycles. The van der Waals surface area contributed by atoms with Crippen LogP contribution in [0.3, 0.4) is 0 Å². The number of nitrogens with one attached hydrogen (secondary N) is 1. The number of aromatic amines is 1. The molecule has 0 fully saturated rings. The van der Waals surface area contributed by atoms with Gasteiger partial charge in [0, 0.05) is 5.56 Å². The number of H-pyrrole nitrogens is 1. The molecule has 0 atom stereocenters. The smallest absolute Gasteiger partial charge is 0.268 e. The highest BCUT2D eigenvalue weighted by Gasteiger charge is 2.08. The van der Waals surface area contributed by atoms with Crippen molar-refractivity contribution < 1.29 is 0 Å². The van der Waals surface area contributed by atoms with Gasteiger partial charge in [-0.25, -0.2) is 5.10 Å². The molecule has 1 rings (SSSR count). The molecule has 1 aromatic rings. The first-order valence-electron chi connectivity index (χ1n) is 3.36. The Balaban J connectivity index is 3.33. The predicted molar refractivity (Wildman–Crippen MR) is 44.0 cm³/mol. The minimum absolute atomic E-state index is 0.134. The number of rotatable bonds is 1. The Morgan fingerprint density at radius 1 is 1.64 bits per heavy atom. The summed E-state index contributed by atoms with van der Waals surface area (Å²) in [7, 11) is 0. The maximum atomic E-state index is 11.1. The first kappa shape index (κ1) is 8.27. The van der Waals surface area contributed by atoms with Gasteiger partial charge < -0.3 is 0 Å². The van der Waals surface area contributed by atoms with Crippen LogP contribution >= 0.6 is 11.6 Å². The van der Waals surface area contributed by atoms with Crippen molar-refractivity contribution in [2.75, 3.05) is 0 Å². The molecule has 0 unspecified atom stereocenters. The molecule has 1 aromatic heterocycles. The van der Waals surface area contributed by atoms with E-state index < -0.39 is 0 Å². The van der Waals surface area contributed by atoms with Gasteiger partial charge in [-0.1, -0.05) is 25.4 Å². The molecule has 11 heavy (non-hydrogen) atoms. The molecule has 0 aliphatic carbocycles. The van der Waals surface area contributed by atoms with Crippen LogP contribution in [0, 0.1) is 0 Å². The molecule has 0 bridgehead atoms. The van der Waals surface area contributed by atoms with Crippen molar-refractivity contribution >= 4 is 11.6 Å². The van der Waals surface area contributed by atoms with Crippen molar-refractivity contribution in [3.63, 3.8) is 0 Å². The van der Waals surface area contributed by atoms with Gasteiger partial charge in [-0.3, -0.25) is 4.79 Å². The monoisotopic (exact) mass is 172 g/mol. The summed E-state index contributed by atoms with van der Waals surface area (Å²) in [6.07, 6.45) is 1.44. The summed E-state index contributed by atoms with van der Waals surface area (Å²) in [5.41, 5.74) is 0.397. The largest absolute Gasteiger partial charge is 0.269 e. The first-order chi connectivity index (χ1) is 5.13. The van der Waals surface area contributed by atoms with Crippen molar-refractivity contribution in [1.82, 2.24) is 10.2 Å². The van der Waals surface area contributed by atoms with Crippen LogP contribution in [-0.4, -0.2) is 10.2 Å². The second kappa shape index (κ2) is 3.05. The summed E-state index contributed by atoms with van der Waals surface area (Å²) < 4.78 is 0. The van der Waals surface area contributed by atoms with Crippen LogP contribution in [0.1, 0.15) is 25.3 Å². The summed E-state index contributed by atoms with van der Waals surface area (Å²) in [5, 5.41) is 6.32. The third-order valence-corrected chi connectivity index (χ3v) is 1.72. The van der Waals surface area contributed by atoms with E-state index in [4.69, 9.17) is 11.6 Å². The molecule has 0 radical (unpaired) electrons. The summed E-state index contributed by atoms with van der Waals surface area (Å²) in [6, 6.07) is 0. The molecule has 0 saturated carbocycles. The van der Waals surface area contributed by atoms with Crippen LogP contribution in [0.5, 0.6) is 0 Å². The molecule has 3 nitrogen and oxygen atoms in total. The van der Waals surface area contributed by atoms with Gasteiger partial charge in [0.2, 0.25) is 0 Å². The summed E-state index contributed by atoms with van der Waals surface area (Å²) in [4.78, 5) is 11.1. The van der Waals surface area contributed by atoms with E-state index in [0.29, 0.717) is 10.6 Å². The van der Waals surface area contributed by atoms with Crippen LogP contribution in [0.15, 0.2) is 11.0 Å². The van der Waals surface area contributed by atoms with Gasteiger partial charge >= 0.3 is 0 Å². The second-order valence-corrected chi connectivity index (χ2v) is 3.02. The fourth-order valence-corrected chi connectivity index (χ4v) is 1.28. The fraction of sp³-hybridized carbons (Fsp3) is 0.429. The van der Waals surface area contributed by atoms with Crippen LogP contribution in [-0.2, 0) is 0 Å². The molecule has 4 heteroatoms. The Morgan fingerprint density at radius 2 is 2.27 bits per heavy atom. The van der Waals surface area contributed by atoms with Gasteiger partial charge in [-0.2, -0.15) is 5.10 Å². The summed E-state index contributed by atoms with van der Waals surface area (Å²) in [5.74, 6) is 0.134. The quantitative estimate of drug-likeness (QED) is 0.699. The molecule has 1 heterocycles. The first-order valence-corrected chi connectivity index (χ1v) is 3.73. The SMILES string of the molecule is CC(C)c1c(Cl)cn[nH]c1=O. The zero-order valence-corrected chi connectivity index (χ0v) is 7.14. The Bertz CT molecular complexity index is 306. The molecular formula is C7H9ClN2O. The molecule has 60 valence electrons. The lowest BCUT2D eigenvalue weighted by atomic mass is 10.1. The summed E-state index contributed by atoms with van der Waals surface area (Å²) >= 11 is 5.74. The van der Waals surface area contributed by atoms with Gasteiger partial charge in [0.1, 0.15) is 0 Å². The normalized spacial score (nSPS) is 10.5. The van der Waals surface area contributed by atoms with Gasteiger partial charge in [0.05, 0.1) is 11.2 Å². The Hall–Kier alpha value is -0.830. The minimum atomic E-state index is -0.201. The fourth-order valence-electron chi connectivity index (χ4n) is 0.924. The van der Waals surface area contributed by atoms with Crippen molar-refractivity contribution in [2.24, 2.45) is 0 Å². The molecule has 0 amide bonds. The van der Waals surface area contributed by atoms with Crippen molar-refractivity contribution in [1.29, 1.82) is 0 Å². The topological polar surface area (TPSA) is 45.8 Å². The average Bonchev–Trinajstić information content (AvgIpc) is 1.85. The van der Waals surface area contributed by atoms with E-state index in [1.54, 1.807) is 0 Å². The minimum Gasteiger partial charge on any atom is -0.268 e. The van der Waals surface area contributed by atoms with E-state index in [9.17, 15) is 4.79 Å². The maximum Gasteiger partial charge on any atom is 0.269 e. The van der Waals surface area contributed by atoms with Crippen LogP contribution in [0.4, 0.5) is 0 Å². The Kier molecular flexibility index (Phi) is 2.29. The van der Waals surface area contributed by atoms with Gasteiger partial charge in [-0.15, -0.1) is 0 Å². The lowest BCUT2D eigenvalue weighted by molar-refractivity contribution is 0.820. The van der Waals surface area contributed by atoms with E-state index in [2.05, 4.69) is 10.2 Å². The third kappa shape index (κ3) is 1.60. The molecule has 0 aliphatic rings. The lowest BCUT2D eigenvalue weighted by Crippen LogP contribution is -2.15. The highest BCUT2D eigenvalue weighted by molar-refractivity contribution is 6.31. The Morgan fingerprint density at radius 3 is 2.64 bits per heavy atom. The molecular weight excluding hydrogens is 164 g/mol. The second-order valence-electron chi connectivity index (χ2n) is 2.62. The van der Waals surface area contributed by atoms with E-state index in [1.807, 2.05) is 13.8 Å². The van der Waals surface area contributed by atoms with Crippen molar-refractivity contribution in [3.8, 4) is 0 Å². The van der Waals surface area contributed by atoms with E-state index >= 15 is 0 Å². The van der Waals surface area contributed by atoms with E-state index in [0.717, 1.165) is 0 Å². The number of hydrogen-bond donors (Lipinski definition) is 1. The van der Waals surface area contributed by atoms with E-state index in [1.165, 1.54) is 6.20 Å². The number of aromatic nitrogens is 2. The number of hydrogen-bond acceptors (Lipinski definition) is 2. The highest BCUT2D eigenvalue weighted by Crippen LogP contribution is 2.17. The average molecular weight is 173 g/mol. The maximum absolute atomic E-state index is 11.1. The standard InChI is InChI=1S/C7H9ClN2O/c1-4(2)6-5(8)3-9-10-7(6)11/h3-4H,1-2H3,(H,10,11). The van der Waals surface area contributed by atoms with E-state index in [-0.39, 0.29) is 11.5 Å². The highest BCUT2D eigenvalue weighted by atomic mass is 35.5. The van der Waals surface area contributed by atoms with Gasteiger partial charge in [0.25, 0.3) is 5.56 Å². The predicted octanol–water partition coefficient (Wildman–Crippen LogP) is 1.55. The van der Waals surface area contributed by atoms with Gasteiger partial charge in [-0.05, 0) is 5.92 Å². The molecule has 0 aliphatic heterocycles. The van der Waals surface area contributed by atoms with Crippen LogP contribution in [0.25, 0.3) is 0 Å². The zero-order chi connectivity index (χ0) is 8.43. The Labute approximate surface area is 69.4 Å². The number of halogens is 1. The summed E-state index contributed by atoms with van der Waals surface area (Å²) in [6.45, 7) is 3.83. The van der Waals surface area contributed by atoms with Gasteiger partial charge in [0.15, 0.2) is 0 Å². The van der Waals surface area contributed by atoms with Crippen molar-refractivity contribution in [3.05, 3.63) is 27.1 Å². The lowest BCUT2D eigenvalue weighted by Gasteiger charge is -2.03. The zero-order valence-electron chi connectivity index (χ0n) is 6.39. The molecule has 0 spiro atoms. The van der Waals surface area contributed by atoms with Crippen LogP contribution in [0.2, 0.25) is 5.02 Å².